The second-order valence-electron chi connectivity index (χ2n) is 9.56. The SMILES string of the molecule is CN(Cc1ccccc1NCc1ccccc1CSC1CCCCC1)C1CCCCC1. The standard InChI is InChI=1S/C28H40N2S/c1-30(26-15-4-2-5-16-26)21-24-13-10-11-19-28(24)29-20-23-12-8-9-14-25(23)22-31-27-17-6-3-7-18-27/h8-14,19,26-27,29H,2-7,15-18,20-22H2,1H3. The number of nitrogens with one attached hydrogen (secondary N) is 1. The Kier molecular flexibility index (Phi) is 8.78. The molecule has 0 spiro atoms. The number of hydrogen-bond donors (Lipinski definition) is 1. The van der Waals surface area contributed by atoms with Crippen molar-refractivity contribution >= 4 is 17.4 Å². The Balaban J connectivity index is 1.36. The van der Waals surface area contributed by atoms with Gasteiger partial charge in [-0.1, -0.05) is 81.0 Å². The van der Waals surface area contributed by atoms with Crippen LogP contribution < -0.4 is 5.32 Å². The number of thioether (sulfide) groups is 1. The monoisotopic (exact) mass is 436 g/mol. The first kappa shape index (κ1) is 22.7. The lowest BCUT2D eigenvalue weighted by molar-refractivity contribution is 0.185. The van der Waals surface area contributed by atoms with Gasteiger partial charge >= 0.3 is 0 Å². The highest BCUT2D eigenvalue weighted by Gasteiger charge is 2.19. The fraction of sp³-hybridized carbons (Fsp3) is 0.571. The molecule has 0 saturated heterocycles. The van der Waals surface area contributed by atoms with Crippen molar-refractivity contribution in [2.45, 2.75) is 94.3 Å². The van der Waals surface area contributed by atoms with E-state index in [1.807, 2.05) is 0 Å². The van der Waals surface area contributed by atoms with Crippen LogP contribution in [-0.4, -0.2) is 23.2 Å². The van der Waals surface area contributed by atoms with Gasteiger partial charge in [-0.2, -0.15) is 11.8 Å². The number of hydrogen-bond acceptors (Lipinski definition) is 3. The quantitative estimate of drug-likeness (QED) is 0.435. The lowest BCUT2D eigenvalue weighted by atomic mass is 9.94. The number of nitrogens with zero attached hydrogens (tertiary/aromatic N) is 1. The molecule has 2 aromatic carbocycles. The molecular weight excluding hydrogens is 396 g/mol. The molecule has 0 amide bonds. The van der Waals surface area contributed by atoms with E-state index in [0.717, 1.165) is 30.1 Å². The molecule has 31 heavy (non-hydrogen) atoms. The van der Waals surface area contributed by atoms with Gasteiger partial charge in [-0.3, -0.25) is 4.90 Å². The van der Waals surface area contributed by atoms with Crippen LogP contribution in [-0.2, 0) is 18.8 Å². The lowest BCUT2D eigenvalue weighted by Crippen LogP contribution is -2.33. The zero-order chi connectivity index (χ0) is 21.3. The van der Waals surface area contributed by atoms with Gasteiger partial charge in [-0.05, 0) is 55.5 Å². The molecule has 0 atom stereocenters. The minimum Gasteiger partial charge on any atom is -0.381 e. The Hall–Kier alpha value is -1.45. The first-order valence-corrected chi connectivity index (χ1v) is 13.5. The summed E-state index contributed by atoms with van der Waals surface area (Å²) in [5, 5.41) is 4.65. The fourth-order valence-corrected chi connectivity index (χ4v) is 6.61. The predicted molar refractivity (Wildman–Crippen MR) is 137 cm³/mol. The van der Waals surface area contributed by atoms with Crippen LogP contribution in [0.25, 0.3) is 0 Å². The van der Waals surface area contributed by atoms with Gasteiger partial charge < -0.3 is 5.32 Å². The highest BCUT2D eigenvalue weighted by atomic mass is 32.2. The number of benzene rings is 2. The average Bonchev–Trinajstić information content (AvgIpc) is 2.84. The normalized spacial score (nSPS) is 18.4. The zero-order valence-corrected chi connectivity index (χ0v) is 20.1. The van der Waals surface area contributed by atoms with Crippen LogP contribution in [0.2, 0.25) is 0 Å². The van der Waals surface area contributed by atoms with E-state index in [0.29, 0.717) is 0 Å². The van der Waals surface area contributed by atoms with Gasteiger partial charge in [-0.15, -0.1) is 0 Å². The van der Waals surface area contributed by atoms with E-state index in [1.54, 1.807) is 0 Å². The summed E-state index contributed by atoms with van der Waals surface area (Å²) in [7, 11) is 2.31. The van der Waals surface area contributed by atoms with Crippen LogP contribution in [0.3, 0.4) is 0 Å². The summed E-state index contributed by atoms with van der Waals surface area (Å²) in [5.74, 6) is 1.15. The molecule has 2 aromatic rings. The van der Waals surface area contributed by atoms with E-state index in [9.17, 15) is 0 Å². The van der Waals surface area contributed by atoms with Crippen molar-refractivity contribution in [1.82, 2.24) is 4.90 Å². The van der Waals surface area contributed by atoms with Gasteiger partial charge in [0.25, 0.3) is 0 Å². The second kappa shape index (κ2) is 12.0. The van der Waals surface area contributed by atoms with E-state index in [-0.39, 0.29) is 0 Å². The van der Waals surface area contributed by atoms with E-state index in [2.05, 4.69) is 77.6 Å². The van der Waals surface area contributed by atoms with E-state index < -0.39 is 0 Å². The van der Waals surface area contributed by atoms with Gasteiger partial charge in [0.1, 0.15) is 0 Å². The molecule has 168 valence electrons. The summed E-state index contributed by atoms with van der Waals surface area (Å²) >= 11 is 2.18. The van der Waals surface area contributed by atoms with Crippen molar-refractivity contribution in [3.05, 3.63) is 65.2 Å². The van der Waals surface area contributed by atoms with E-state index in [4.69, 9.17) is 0 Å². The maximum absolute atomic E-state index is 3.78. The molecule has 2 nitrogen and oxygen atoms in total. The van der Waals surface area contributed by atoms with Gasteiger partial charge in [0.15, 0.2) is 0 Å². The average molecular weight is 437 g/mol. The molecule has 2 aliphatic carbocycles. The van der Waals surface area contributed by atoms with E-state index in [1.165, 1.54) is 86.6 Å². The van der Waals surface area contributed by atoms with Gasteiger partial charge in [0.2, 0.25) is 0 Å². The highest BCUT2D eigenvalue weighted by Crippen LogP contribution is 2.31. The molecule has 2 aliphatic rings. The zero-order valence-electron chi connectivity index (χ0n) is 19.3. The summed E-state index contributed by atoms with van der Waals surface area (Å²) in [6.07, 6.45) is 14.0. The first-order valence-electron chi connectivity index (χ1n) is 12.5. The van der Waals surface area contributed by atoms with Crippen molar-refractivity contribution in [1.29, 1.82) is 0 Å². The molecule has 2 saturated carbocycles. The maximum Gasteiger partial charge on any atom is 0.0403 e. The van der Waals surface area contributed by atoms with Crippen molar-refractivity contribution in [3.8, 4) is 0 Å². The first-order chi connectivity index (χ1) is 15.3. The van der Waals surface area contributed by atoms with Crippen LogP contribution in [0.15, 0.2) is 48.5 Å². The van der Waals surface area contributed by atoms with Gasteiger partial charge in [-0.25, -0.2) is 0 Å². The number of rotatable bonds is 9. The van der Waals surface area contributed by atoms with Gasteiger partial charge in [0.05, 0.1) is 0 Å². The molecule has 1 N–H and O–H groups in total. The van der Waals surface area contributed by atoms with Crippen molar-refractivity contribution in [2.75, 3.05) is 12.4 Å². The molecule has 0 aromatic heterocycles. The van der Waals surface area contributed by atoms with Crippen LogP contribution >= 0.6 is 11.8 Å². The second-order valence-corrected chi connectivity index (χ2v) is 10.8. The molecule has 2 fully saturated rings. The Bertz CT molecular complexity index is 793. The molecule has 0 aliphatic heterocycles. The summed E-state index contributed by atoms with van der Waals surface area (Å²) in [6.45, 7) is 1.94. The third-order valence-corrected chi connectivity index (χ3v) is 8.67. The largest absolute Gasteiger partial charge is 0.381 e. The Labute approximate surface area is 194 Å². The Morgan fingerprint density at radius 3 is 2.13 bits per heavy atom. The van der Waals surface area contributed by atoms with Crippen LogP contribution in [0.5, 0.6) is 0 Å². The molecule has 3 heteroatoms. The van der Waals surface area contributed by atoms with Crippen molar-refractivity contribution in [2.24, 2.45) is 0 Å². The molecule has 0 unspecified atom stereocenters. The minimum atomic E-state index is 0.749. The van der Waals surface area contributed by atoms with Crippen LogP contribution in [0, 0.1) is 0 Å². The smallest absolute Gasteiger partial charge is 0.0403 e. The lowest BCUT2D eigenvalue weighted by Gasteiger charge is -2.31. The summed E-state index contributed by atoms with van der Waals surface area (Å²) in [5.41, 5.74) is 5.66. The fourth-order valence-electron chi connectivity index (χ4n) is 5.25. The van der Waals surface area contributed by atoms with Crippen molar-refractivity contribution < 1.29 is 0 Å². The van der Waals surface area contributed by atoms with Gasteiger partial charge in [0, 0.05) is 35.8 Å². The summed E-state index contributed by atoms with van der Waals surface area (Å²) < 4.78 is 0. The summed E-state index contributed by atoms with van der Waals surface area (Å²) in [4.78, 5) is 2.58. The Morgan fingerprint density at radius 2 is 1.39 bits per heavy atom. The van der Waals surface area contributed by atoms with Crippen molar-refractivity contribution in [3.63, 3.8) is 0 Å². The number of anilines is 1. The molecule has 0 radical (unpaired) electrons. The maximum atomic E-state index is 3.78. The molecule has 0 heterocycles. The van der Waals surface area contributed by atoms with E-state index >= 15 is 0 Å². The number of para-hydroxylation sites is 1. The van der Waals surface area contributed by atoms with Crippen LogP contribution in [0.1, 0.15) is 80.9 Å². The minimum absolute atomic E-state index is 0.749. The summed E-state index contributed by atoms with van der Waals surface area (Å²) in [6, 6.07) is 18.7. The third kappa shape index (κ3) is 6.76. The molecular formula is C28H40N2S. The highest BCUT2D eigenvalue weighted by molar-refractivity contribution is 7.99. The Morgan fingerprint density at radius 1 is 0.774 bits per heavy atom. The third-order valence-electron chi connectivity index (χ3n) is 7.25. The molecule has 0 bridgehead atoms. The predicted octanol–water partition coefficient (Wildman–Crippen LogP) is 7.63. The van der Waals surface area contributed by atoms with Crippen LogP contribution in [0.4, 0.5) is 5.69 Å². The topological polar surface area (TPSA) is 15.3 Å². The molecule has 4 rings (SSSR count).